The minimum absolute atomic E-state index is 0. The molecule has 1 N–H and O–H groups in total. The van der Waals surface area contributed by atoms with E-state index in [0.717, 1.165) is 11.1 Å². The first-order valence-corrected chi connectivity index (χ1v) is 3.83. The van der Waals surface area contributed by atoms with Crippen molar-refractivity contribution in [3.05, 3.63) is 34.4 Å². The average Bonchev–Trinajstić information content (AvgIpc) is 1.99. The molecular weight excluding hydrogens is 356 g/mol. The average molecular weight is 369 g/mol. The number of hydrogen-bond donors (Lipinski definition) is 1. The zero-order valence-corrected chi connectivity index (χ0v) is 12.6. The van der Waals surface area contributed by atoms with Gasteiger partial charge in [-0.2, -0.15) is 0 Å². The fraction of sp³-hybridized carbons (Fsp3) is 0.300. The molecule has 0 atom stereocenters. The largest absolute Gasteiger partial charge is 0.478 e. The van der Waals surface area contributed by atoms with E-state index in [1.807, 2.05) is 20.8 Å². The molecule has 0 unspecified atom stereocenters. The number of rotatable bonds is 1. The van der Waals surface area contributed by atoms with Crippen LogP contribution in [-0.4, -0.2) is 38.4 Å². The zero-order chi connectivity index (χ0) is 9.30. The Balaban J connectivity index is 0.00000144. The van der Waals surface area contributed by atoms with Gasteiger partial charge in [0.15, 0.2) is 0 Å². The van der Waals surface area contributed by atoms with Gasteiger partial charge >= 0.3 is 5.97 Å². The molecule has 0 heterocycles. The van der Waals surface area contributed by atoms with Crippen molar-refractivity contribution in [3.63, 3.8) is 0 Å². The van der Waals surface area contributed by atoms with Crippen LogP contribution >= 0.6 is 0 Å². The van der Waals surface area contributed by atoms with E-state index in [9.17, 15) is 4.79 Å². The zero-order valence-electron chi connectivity index (χ0n) is 8.09. The van der Waals surface area contributed by atoms with Gasteiger partial charge in [0.2, 0.25) is 0 Å². The smallest absolute Gasteiger partial charge is 0.335 e. The molecule has 1 aromatic carbocycles. The van der Waals surface area contributed by atoms with Gasteiger partial charge in [0, 0.05) is 27.3 Å². The second-order valence-corrected chi connectivity index (χ2v) is 3.04. The van der Waals surface area contributed by atoms with Crippen molar-refractivity contribution in [1.82, 2.24) is 0 Å². The number of carbonyl (C=O) groups is 1. The molecule has 0 aliphatic rings. The molecule has 0 aliphatic carbocycles. The minimum Gasteiger partial charge on any atom is -0.478 e. The molecular formula is C10H12O2Tl. The molecule has 0 amide bonds. The monoisotopic (exact) mass is 369 g/mol. The van der Waals surface area contributed by atoms with Crippen molar-refractivity contribution in [2.24, 2.45) is 0 Å². The summed E-state index contributed by atoms with van der Waals surface area (Å²) >= 11 is 0. The number of benzene rings is 1. The summed E-state index contributed by atoms with van der Waals surface area (Å²) < 4.78 is 0. The molecule has 0 saturated heterocycles. The van der Waals surface area contributed by atoms with E-state index in [1.54, 1.807) is 12.1 Å². The van der Waals surface area contributed by atoms with E-state index < -0.39 is 5.97 Å². The molecule has 1 aromatic rings. The summed E-state index contributed by atoms with van der Waals surface area (Å²) in [6.07, 6.45) is 0. The van der Waals surface area contributed by atoms with Crippen LogP contribution in [0.5, 0.6) is 0 Å². The van der Waals surface area contributed by atoms with Crippen LogP contribution in [0.15, 0.2) is 12.1 Å². The van der Waals surface area contributed by atoms with E-state index in [0.29, 0.717) is 5.56 Å². The molecule has 0 bridgehead atoms. The van der Waals surface area contributed by atoms with Crippen LogP contribution in [0.2, 0.25) is 0 Å². The summed E-state index contributed by atoms with van der Waals surface area (Å²) in [6, 6.07) is 3.40. The van der Waals surface area contributed by atoms with Gasteiger partial charge in [0.25, 0.3) is 0 Å². The molecule has 0 fully saturated rings. The normalized spacial score (nSPS) is 9.15. The van der Waals surface area contributed by atoms with Crippen molar-refractivity contribution in [2.45, 2.75) is 20.8 Å². The Morgan fingerprint density at radius 3 is 1.85 bits per heavy atom. The van der Waals surface area contributed by atoms with Gasteiger partial charge in [-0.3, -0.25) is 0 Å². The predicted molar refractivity (Wildman–Crippen MR) is 53.4 cm³/mol. The van der Waals surface area contributed by atoms with Crippen LogP contribution < -0.4 is 0 Å². The fourth-order valence-electron chi connectivity index (χ4n) is 1.16. The first kappa shape index (κ1) is 12.6. The second-order valence-electron chi connectivity index (χ2n) is 3.04. The maximum atomic E-state index is 10.6. The molecule has 0 spiro atoms. The van der Waals surface area contributed by atoms with Crippen molar-refractivity contribution < 1.29 is 9.90 Å². The van der Waals surface area contributed by atoms with Gasteiger partial charge in [0.05, 0.1) is 5.56 Å². The number of carboxylic acid groups (broad SMARTS) is 1. The molecule has 2 nitrogen and oxygen atoms in total. The third-order valence-corrected chi connectivity index (χ3v) is 2.17. The van der Waals surface area contributed by atoms with Crippen LogP contribution in [-0.2, 0) is 0 Å². The second kappa shape index (κ2) is 4.74. The quantitative estimate of drug-likeness (QED) is 0.769. The molecule has 0 aliphatic heterocycles. The third kappa shape index (κ3) is 2.79. The molecule has 0 aromatic heterocycles. The first-order chi connectivity index (χ1) is 5.52. The van der Waals surface area contributed by atoms with Crippen molar-refractivity contribution in [2.75, 3.05) is 0 Å². The SMILES string of the molecule is Cc1cc(C(=O)O)cc(C)c1C.[Tl]. The Labute approximate surface area is 98.1 Å². The van der Waals surface area contributed by atoms with Gasteiger partial charge in [0.1, 0.15) is 0 Å². The van der Waals surface area contributed by atoms with E-state index >= 15 is 0 Å². The Morgan fingerprint density at radius 2 is 1.54 bits per heavy atom. The number of hydrogen-bond acceptors (Lipinski definition) is 1. The maximum Gasteiger partial charge on any atom is 0.335 e. The maximum absolute atomic E-state index is 10.6. The van der Waals surface area contributed by atoms with E-state index in [2.05, 4.69) is 0 Å². The fourth-order valence-corrected chi connectivity index (χ4v) is 1.16. The minimum atomic E-state index is -0.860. The van der Waals surface area contributed by atoms with Crippen LogP contribution in [0, 0.1) is 20.8 Å². The summed E-state index contributed by atoms with van der Waals surface area (Å²) in [5, 5.41) is 8.72. The van der Waals surface area contributed by atoms with Gasteiger partial charge in [-0.1, -0.05) is 0 Å². The van der Waals surface area contributed by atoms with E-state index in [1.165, 1.54) is 5.56 Å². The standard InChI is InChI=1S/C10H12O2.Tl/c1-6-4-9(10(11)12)5-7(2)8(6)3;/h4-5H,1-3H3,(H,11,12);. The Bertz CT molecular complexity index is 309. The predicted octanol–water partition coefficient (Wildman–Crippen LogP) is 1.93. The van der Waals surface area contributed by atoms with Crippen molar-refractivity contribution >= 4 is 33.3 Å². The summed E-state index contributed by atoms with van der Waals surface area (Å²) in [5.41, 5.74) is 3.61. The molecule has 67 valence electrons. The van der Waals surface area contributed by atoms with Crippen LogP contribution in [0.4, 0.5) is 0 Å². The molecule has 3 heteroatoms. The summed E-state index contributed by atoms with van der Waals surface area (Å²) in [7, 11) is 0. The third-order valence-electron chi connectivity index (χ3n) is 2.17. The molecule has 0 saturated carbocycles. The Kier molecular flexibility index (Phi) is 4.60. The Hall–Kier alpha value is -0.388. The molecule has 1 radical (unpaired) electrons. The van der Waals surface area contributed by atoms with E-state index in [4.69, 9.17) is 5.11 Å². The number of carboxylic acids is 1. The number of aromatic carboxylic acids is 1. The van der Waals surface area contributed by atoms with Crippen molar-refractivity contribution in [1.29, 1.82) is 0 Å². The van der Waals surface area contributed by atoms with Crippen LogP contribution in [0.3, 0.4) is 0 Å². The first-order valence-electron chi connectivity index (χ1n) is 3.83. The van der Waals surface area contributed by atoms with Crippen LogP contribution in [0.25, 0.3) is 0 Å². The van der Waals surface area contributed by atoms with Crippen molar-refractivity contribution in [3.8, 4) is 0 Å². The molecule has 13 heavy (non-hydrogen) atoms. The Morgan fingerprint density at radius 1 is 1.15 bits per heavy atom. The van der Waals surface area contributed by atoms with Gasteiger partial charge in [-0.25, -0.2) is 4.79 Å². The van der Waals surface area contributed by atoms with Gasteiger partial charge < -0.3 is 5.11 Å². The van der Waals surface area contributed by atoms with Crippen LogP contribution in [0.1, 0.15) is 27.0 Å². The molecule has 1 rings (SSSR count). The topological polar surface area (TPSA) is 37.3 Å². The summed E-state index contributed by atoms with van der Waals surface area (Å²) in [6.45, 7) is 5.85. The van der Waals surface area contributed by atoms with E-state index in [-0.39, 0.29) is 27.3 Å². The van der Waals surface area contributed by atoms with Gasteiger partial charge in [-0.15, -0.1) is 0 Å². The summed E-state index contributed by atoms with van der Waals surface area (Å²) in [5.74, 6) is -0.860. The summed E-state index contributed by atoms with van der Waals surface area (Å²) in [4.78, 5) is 10.6. The van der Waals surface area contributed by atoms with Gasteiger partial charge in [-0.05, 0) is 49.6 Å². The number of aryl methyl sites for hydroxylation is 2.